The number of benzene rings is 1. The number of rotatable bonds is 7. The van der Waals surface area contributed by atoms with Crippen molar-refractivity contribution in [2.75, 3.05) is 13.1 Å². The van der Waals surface area contributed by atoms with Crippen molar-refractivity contribution in [3.63, 3.8) is 0 Å². The van der Waals surface area contributed by atoms with Crippen LogP contribution >= 0.6 is 0 Å². The highest BCUT2D eigenvalue weighted by molar-refractivity contribution is 5.87. The fourth-order valence-electron chi connectivity index (χ4n) is 2.11. The van der Waals surface area contributed by atoms with Crippen molar-refractivity contribution in [1.29, 1.82) is 0 Å². The topological polar surface area (TPSA) is 69.6 Å². The number of carbonyl (C=O) groups is 2. The molecule has 0 fully saturated rings. The zero-order chi connectivity index (χ0) is 15.1. The first kappa shape index (κ1) is 16.2. The summed E-state index contributed by atoms with van der Waals surface area (Å²) in [7, 11) is 0. The van der Waals surface area contributed by atoms with Crippen molar-refractivity contribution in [2.45, 2.75) is 32.9 Å². The number of carboxylic acids is 1. The molecule has 20 heavy (non-hydrogen) atoms. The number of nitrogens with zero attached hydrogens (tertiary/aromatic N) is 1. The van der Waals surface area contributed by atoms with E-state index < -0.39 is 18.1 Å². The monoisotopic (exact) mass is 278 g/mol. The molecule has 2 atom stereocenters. The van der Waals surface area contributed by atoms with Gasteiger partial charge in [0.1, 0.15) is 12.1 Å². The van der Waals surface area contributed by atoms with E-state index in [0.717, 1.165) is 5.56 Å². The molecule has 1 aromatic rings. The van der Waals surface area contributed by atoms with Crippen molar-refractivity contribution in [1.82, 2.24) is 10.2 Å². The van der Waals surface area contributed by atoms with Gasteiger partial charge in [0.2, 0.25) is 5.91 Å². The fourth-order valence-corrected chi connectivity index (χ4v) is 2.11. The van der Waals surface area contributed by atoms with Crippen LogP contribution in [-0.4, -0.2) is 41.0 Å². The van der Waals surface area contributed by atoms with Gasteiger partial charge in [-0.3, -0.25) is 14.5 Å². The summed E-state index contributed by atoms with van der Waals surface area (Å²) in [5.41, 5.74) is 0.867. The zero-order valence-electron chi connectivity index (χ0n) is 12.2. The van der Waals surface area contributed by atoms with E-state index in [0.29, 0.717) is 13.1 Å². The predicted octanol–water partition coefficient (Wildman–Crippen LogP) is 1.66. The molecule has 110 valence electrons. The molecular formula is C15H22N2O3. The molecule has 1 aromatic carbocycles. The second kappa shape index (κ2) is 7.65. The molecule has 2 N–H and O–H groups in total. The van der Waals surface area contributed by atoms with Crippen LogP contribution in [-0.2, 0) is 9.59 Å². The molecule has 0 saturated carbocycles. The number of carbonyl (C=O) groups excluding carboxylic acids is 1. The van der Waals surface area contributed by atoms with Crippen LogP contribution in [0.2, 0.25) is 0 Å². The van der Waals surface area contributed by atoms with Crippen LogP contribution in [0.25, 0.3) is 0 Å². The minimum atomic E-state index is -1.04. The predicted molar refractivity (Wildman–Crippen MR) is 77.3 cm³/mol. The highest BCUT2D eigenvalue weighted by atomic mass is 16.4. The number of hydrogen-bond acceptors (Lipinski definition) is 3. The Balaban J connectivity index is 2.99. The SMILES string of the molecule is CCN(CC)C(C(=O)NC(C)C(=O)O)c1ccccc1. The van der Waals surface area contributed by atoms with Crippen molar-refractivity contribution in [2.24, 2.45) is 0 Å². The van der Waals surface area contributed by atoms with Crippen LogP contribution in [0.3, 0.4) is 0 Å². The second-order valence-corrected chi connectivity index (χ2v) is 4.60. The lowest BCUT2D eigenvalue weighted by Crippen LogP contribution is -2.46. The zero-order valence-corrected chi connectivity index (χ0v) is 12.2. The number of amides is 1. The average Bonchev–Trinajstić information content (AvgIpc) is 2.45. The molecule has 5 heteroatoms. The highest BCUT2D eigenvalue weighted by Crippen LogP contribution is 2.20. The first-order chi connectivity index (χ1) is 9.51. The van der Waals surface area contributed by atoms with Gasteiger partial charge < -0.3 is 10.4 Å². The van der Waals surface area contributed by atoms with Crippen LogP contribution in [0.15, 0.2) is 30.3 Å². The Kier molecular flexibility index (Phi) is 6.18. The third kappa shape index (κ3) is 4.06. The van der Waals surface area contributed by atoms with E-state index in [1.54, 1.807) is 0 Å². The van der Waals surface area contributed by atoms with E-state index in [9.17, 15) is 9.59 Å². The number of hydrogen-bond donors (Lipinski definition) is 2. The van der Waals surface area contributed by atoms with Gasteiger partial charge in [-0.2, -0.15) is 0 Å². The molecule has 0 radical (unpaired) electrons. The van der Waals surface area contributed by atoms with E-state index >= 15 is 0 Å². The highest BCUT2D eigenvalue weighted by Gasteiger charge is 2.27. The minimum Gasteiger partial charge on any atom is -0.480 e. The van der Waals surface area contributed by atoms with Crippen molar-refractivity contribution >= 4 is 11.9 Å². The van der Waals surface area contributed by atoms with E-state index in [1.165, 1.54) is 6.92 Å². The molecule has 0 heterocycles. The average molecular weight is 278 g/mol. The Bertz CT molecular complexity index is 444. The second-order valence-electron chi connectivity index (χ2n) is 4.60. The normalized spacial score (nSPS) is 13.8. The van der Waals surface area contributed by atoms with E-state index in [-0.39, 0.29) is 5.91 Å². The van der Waals surface area contributed by atoms with Crippen LogP contribution in [0.5, 0.6) is 0 Å². The largest absolute Gasteiger partial charge is 0.480 e. The summed E-state index contributed by atoms with van der Waals surface area (Å²) < 4.78 is 0. The van der Waals surface area contributed by atoms with Crippen LogP contribution < -0.4 is 5.32 Å². The maximum atomic E-state index is 12.4. The summed E-state index contributed by atoms with van der Waals surface area (Å²) in [5, 5.41) is 11.5. The molecule has 0 aromatic heterocycles. The molecule has 0 bridgehead atoms. The molecule has 0 aliphatic carbocycles. The number of carboxylic acid groups (broad SMARTS) is 1. The third-order valence-corrected chi connectivity index (χ3v) is 3.27. The Morgan fingerprint density at radius 2 is 1.75 bits per heavy atom. The van der Waals surface area contributed by atoms with Gasteiger partial charge >= 0.3 is 5.97 Å². The number of likely N-dealkylation sites (N-methyl/N-ethyl adjacent to an activating group) is 1. The van der Waals surface area contributed by atoms with Crippen molar-refractivity contribution in [3.8, 4) is 0 Å². The first-order valence-corrected chi connectivity index (χ1v) is 6.83. The lowest BCUT2D eigenvalue weighted by atomic mass is 10.0. The Morgan fingerprint density at radius 3 is 2.20 bits per heavy atom. The Hall–Kier alpha value is -1.88. The third-order valence-electron chi connectivity index (χ3n) is 3.27. The van der Waals surface area contributed by atoms with Gasteiger partial charge in [0.25, 0.3) is 0 Å². The smallest absolute Gasteiger partial charge is 0.325 e. The van der Waals surface area contributed by atoms with Crippen molar-refractivity contribution in [3.05, 3.63) is 35.9 Å². The van der Waals surface area contributed by atoms with Crippen LogP contribution in [0.1, 0.15) is 32.4 Å². The Labute approximate surface area is 119 Å². The summed E-state index contributed by atoms with van der Waals surface area (Å²) in [4.78, 5) is 25.3. The molecule has 0 aliphatic heterocycles. The van der Waals surface area contributed by atoms with Gasteiger partial charge in [0, 0.05) is 0 Å². The van der Waals surface area contributed by atoms with Gasteiger partial charge in [-0.15, -0.1) is 0 Å². The Morgan fingerprint density at radius 1 is 1.20 bits per heavy atom. The molecule has 5 nitrogen and oxygen atoms in total. The summed E-state index contributed by atoms with van der Waals surface area (Å²) in [6.45, 7) is 6.85. The van der Waals surface area contributed by atoms with E-state index in [4.69, 9.17) is 5.11 Å². The quantitative estimate of drug-likeness (QED) is 0.796. The maximum absolute atomic E-state index is 12.4. The molecule has 1 rings (SSSR count). The molecular weight excluding hydrogens is 256 g/mol. The summed E-state index contributed by atoms with van der Waals surface area (Å²) >= 11 is 0. The number of aliphatic carboxylic acids is 1. The van der Waals surface area contributed by atoms with E-state index in [2.05, 4.69) is 5.32 Å². The fraction of sp³-hybridized carbons (Fsp3) is 0.467. The van der Waals surface area contributed by atoms with Crippen LogP contribution in [0.4, 0.5) is 0 Å². The molecule has 0 spiro atoms. The van der Waals surface area contributed by atoms with Gasteiger partial charge in [-0.05, 0) is 25.6 Å². The van der Waals surface area contributed by atoms with Crippen molar-refractivity contribution < 1.29 is 14.7 Å². The van der Waals surface area contributed by atoms with E-state index in [1.807, 2.05) is 49.1 Å². The first-order valence-electron chi connectivity index (χ1n) is 6.83. The van der Waals surface area contributed by atoms with Gasteiger partial charge in [0.05, 0.1) is 0 Å². The molecule has 1 amide bonds. The summed E-state index contributed by atoms with van der Waals surface area (Å²) in [6.07, 6.45) is 0. The molecule has 2 unspecified atom stereocenters. The van der Waals surface area contributed by atoms with Crippen LogP contribution in [0, 0.1) is 0 Å². The lowest BCUT2D eigenvalue weighted by Gasteiger charge is -2.29. The summed E-state index contributed by atoms with van der Waals surface area (Å²) in [5.74, 6) is -1.32. The van der Waals surface area contributed by atoms with Gasteiger partial charge in [-0.1, -0.05) is 44.2 Å². The maximum Gasteiger partial charge on any atom is 0.325 e. The summed E-state index contributed by atoms with van der Waals surface area (Å²) in [6, 6.07) is 8.04. The van der Waals surface area contributed by atoms with Gasteiger partial charge in [0.15, 0.2) is 0 Å². The lowest BCUT2D eigenvalue weighted by molar-refractivity contribution is -0.142. The molecule has 0 aliphatic rings. The standard InChI is InChI=1S/C15H22N2O3/c1-4-17(5-2)13(12-9-7-6-8-10-12)14(18)16-11(3)15(19)20/h6-11,13H,4-5H2,1-3H3,(H,16,18)(H,19,20). The van der Waals surface area contributed by atoms with Gasteiger partial charge in [-0.25, -0.2) is 0 Å². The minimum absolute atomic E-state index is 0.283. The number of nitrogens with one attached hydrogen (secondary N) is 1. The molecule has 0 saturated heterocycles.